The number of hydrogen-bond donors (Lipinski definition) is 1. The van der Waals surface area contributed by atoms with Crippen molar-refractivity contribution in [1.29, 1.82) is 0 Å². The van der Waals surface area contributed by atoms with Crippen molar-refractivity contribution in [3.8, 4) is 0 Å². The monoisotopic (exact) mass is 151 g/mol. The van der Waals surface area contributed by atoms with Gasteiger partial charge in [0.15, 0.2) is 0 Å². The van der Waals surface area contributed by atoms with E-state index in [0.717, 1.165) is 19.3 Å². The lowest BCUT2D eigenvalue weighted by Crippen LogP contribution is -2.37. The molecule has 0 amide bonds. The minimum atomic E-state index is -0.178. The fourth-order valence-electron chi connectivity index (χ4n) is 2.54. The third-order valence-corrected chi connectivity index (χ3v) is 2.94. The van der Waals surface area contributed by atoms with Crippen LogP contribution in [0.2, 0.25) is 0 Å². The van der Waals surface area contributed by atoms with Crippen LogP contribution >= 0.6 is 0 Å². The first-order valence-electron chi connectivity index (χ1n) is 4.22. The lowest BCUT2D eigenvalue weighted by atomic mass is 9.65. The van der Waals surface area contributed by atoms with Crippen molar-refractivity contribution in [3.05, 3.63) is 24.3 Å². The summed E-state index contributed by atoms with van der Waals surface area (Å²) >= 11 is 0. The average Bonchev–Trinajstić information content (AvgIpc) is 1.82. The van der Waals surface area contributed by atoms with Crippen LogP contribution in [0.5, 0.6) is 0 Å². The van der Waals surface area contributed by atoms with Gasteiger partial charge in [-0.3, -0.25) is 0 Å². The molecule has 3 atom stereocenters. The van der Waals surface area contributed by atoms with Gasteiger partial charge in [0.2, 0.25) is 0 Å². The zero-order chi connectivity index (χ0) is 8.01. The first kappa shape index (κ1) is 7.11. The Labute approximate surface area is 67.4 Å². The van der Waals surface area contributed by atoms with Crippen LogP contribution in [0.15, 0.2) is 24.3 Å². The molecule has 1 N–H and O–H groups in total. The van der Waals surface area contributed by atoms with Gasteiger partial charge in [0.25, 0.3) is 0 Å². The maximum Gasteiger partial charge on any atom is 0.0645 e. The number of aliphatic hydroxyl groups excluding tert-OH is 1. The molecule has 3 fully saturated rings. The second kappa shape index (κ2) is 2.21. The molecule has 1 nitrogen and oxygen atoms in total. The SMILES string of the molecule is C=C1CC2CC(=[13CH2])[C@H]1[C@@H](O)C2. The highest BCUT2D eigenvalue weighted by Gasteiger charge is 2.39. The summed E-state index contributed by atoms with van der Waals surface area (Å²) < 4.78 is 0. The van der Waals surface area contributed by atoms with Gasteiger partial charge in [0, 0.05) is 5.92 Å². The molecule has 2 bridgehead atoms. The molecule has 0 spiro atoms. The van der Waals surface area contributed by atoms with Crippen LogP contribution in [0.1, 0.15) is 19.3 Å². The number of rotatable bonds is 0. The molecule has 0 aliphatic heterocycles. The van der Waals surface area contributed by atoms with E-state index in [9.17, 15) is 5.11 Å². The molecular formula is C10H14O. The van der Waals surface area contributed by atoms with Crippen molar-refractivity contribution in [3.63, 3.8) is 0 Å². The molecule has 3 aliphatic carbocycles. The van der Waals surface area contributed by atoms with E-state index < -0.39 is 0 Å². The van der Waals surface area contributed by atoms with Gasteiger partial charge in [-0.2, -0.15) is 0 Å². The topological polar surface area (TPSA) is 20.2 Å². The summed E-state index contributed by atoms with van der Waals surface area (Å²) in [4.78, 5) is 0. The zero-order valence-electron chi connectivity index (χ0n) is 6.71. The van der Waals surface area contributed by atoms with E-state index in [1.54, 1.807) is 0 Å². The third-order valence-electron chi connectivity index (χ3n) is 2.94. The Morgan fingerprint density at radius 1 is 1.18 bits per heavy atom. The molecule has 3 aliphatic rings. The molecule has 60 valence electrons. The summed E-state index contributed by atoms with van der Waals surface area (Å²) in [6.45, 7) is 7.95. The first-order chi connectivity index (χ1) is 5.18. The number of aliphatic hydroxyl groups is 1. The van der Waals surface area contributed by atoms with Gasteiger partial charge in [-0.15, -0.1) is 0 Å². The van der Waals surface area contributed by atoms with Gasteiger partial charge in [0.05, 0.1) is 6.10 Å². The molecule has 0 aromatic rings. The van der Waals surface area contributed by atoms with Crippen LogP contribution in [0.4, 0.5) is 0 Å². The Morgan fingerprint density at radius 2 is 1.73 bits per heavy atom. The van der Waals surface area contributed by atoms with Gasteiger partial charge in [0.1, 0.15) is 0 Å². The minimum absolute atomic E-state index is 0.178. The molecule has 3 rings (SSSR count). The molecule has 1 unspecified atom stereocenters. The van der Waals surface area contributed by atoms with Crippen LogP contribution in [0, 0.1) is 11.8 Å². The molecule has 0 heterocycles. The summed E-state index contributed by atoms with van der Waals surface area (Å²) in [7, 11) is 0. The van der Waals surface area contributed by atoms with Crippen LogP contribution in [-0.2, 0) is 0 Å². The van der Waals surface area contributed by atoms with Crippen molar-refractivity contribution >= 4 is 0 Å². The second-order valence-corrected chi connectivity index (χ2v) is 3.87. The Hall–Kier alpha value is -0.560. The molecule has 0 saturated heterocycles. The molecule has 3 saturated carbocycles. The van der Waals surface area contributed by atoms with Crippen molar-refractivity contribution in [2.24, 2.45) is 11.8 Å². The van der Waals surface area contributed by atoms with E-state index in [2.05, 4.69) is 13.2 Å². The first-order valence-corrected chi connectivity index (χ1v) is 4.22. The highest BCUT2D eigenvalue weighted by atomic mass is 16.3. The fraction of sp³-hybridized carbons (Fsp3) is 0.600. The Morgan fingerprint density at radius 3 is 2.00 bits per heavy atom. The highest BCUT2D eigenvalue weighted by Crippen LogP contribution is 2.46. The maximum atomic E-state index is 9.62. The molecule has 0 radical (unpaired) electrons. The van der Waals surface area contributed by atoms with E-state index >= 15 is 0 Å². The molecule has 0 aromatic carbocycles. The summed E-state index contributed by atoms with van der Waals surface area (Å²) in [5, 5.41) is 9.62. The van der Waals surface area contributed by atoms with Crippen molar-refractivity contribution in [2.45, 2.75) is 25.4 Å². The van der Waals surface area contributed by atoms with Gasteiger partial charge < -0.3 is 5.11 Å². The van der Waals surface area contributed by atoms with Gasteiger partial charge in [-0.05, 0) is 25.2 Å². The smallest absolute Gasteiger partial charge is 0.0645 e. The Kier molecular flexibility index (Phi) is 1.43. The third kappa shape index (κ3) is 0.951. The second-order valence-electron chi connectivity index (χ2n) is 3.87. The molecular weight excluding hydrogens is 137 g/mol. The van der Waals surface area contributed by atoms with Crippen LogP contribution in [0.3, 0.4) is 0 Å². The molecule has 1 heteroatoms. The van der Waals surface area contributed by atoms with Crippen molar-refractivity contribution in [1.82, 2.24) is 0 Å². The summed E-state index contributed by atoms with van der Waals surface area (Å²) in [5.41, 5.74) is 2.40. The maximum absolute atomic E-state index is 9.62. The number of hydrogen-bond acceptors (Lipinski definition) is 1. The van der Waals surface area contributed by atoms with Crippen molar-refractivity contribution < 1.29 is 5.11 Å². The van der Waals surface area contributed by atoms with Gasteiger partial charge in [-0.1, -0.05) is 24.3 Å². The molecule has 11 heavy (non-hydrogen) atoms. The van der Waals surface area contributed by atoms with Gasteiger partial charge >= 0.3 is 0 Å². The summed E-state index contributed by atoms with van der Waals surface area (Å²) in [6.07, 6.45) is 3.01. The predicted octanol–water partition coefficient (Wildman–Crippen LogP) is 1.89. The van der Waals surface area contributed by atoms with E-state index in [0.29, 0.717) is 5.92 Å². The quantitative estimate of drug-likeness (QED) is 0.414. The Bertz CT molecular complexity index is 199. The zero-order valence-corrected chi connectivity index (χ0v) is 6.71. The normalized spacial score (nSPS) is 43.2. The average molecular weight is 151 g/mol. The van der Waals surface area contributed by atoms with E-state index in [4.69, 9.17) is 0 Å². The van der Waals surface area contributed by atoms with Crippen LogP contribution in [-0.4, -0.2) is 11.2 Å². The van der Waals surface area contributed by atoms with Crippen molar-refractivity contribution in [2.75, 3.05) is 0 Å². The van der Waals surface area contributed by atoms with E-state index in [1.165, 1.54) is 11.1 Å². The molecule has 0 aromatic heterocycles. The summed E-state index contributed by atoms with van der Waals surface area (Å²) in [6, 6.07) is 0. The van der Waals surface area contributed by atoms with Gasteiger partial charge in [-0.25, -0.2) is 0 Å². The largest absolute Gasteiger partial charge is 0.392 e. The fourth-order valence-corrected chi connectivity index (χ4v) is 2.54. The van der Waals surface area contributed by atoms with Crippen LogP contribution < -0.4 is 0 Å². The highest BCUT2D eigenvalue weighted by molar-refractivity contribution is 5.27. The number of fused-ring (bicyclic) bond motifs is 3. The van der Waals surface area contributed by atoms with E-state index in [-0.39, 0.29) is 12.0 Å². The lowest BCUT2D eigenvalue weighted by molar-refractivity contribution is 0.0655. The van der Waals surface area contributed by atoms with E-state index in [1.807, 2.05) is 0 Å². The Balaban J connectivity index is 2.30. The summed E-state index contributed by atoms with van der Waals surface area (Å²) in [5.74, 6) is 0.856. The van der Waals surface area contributed by atoms with Crippen LogP contribution in [0.25, 0.3) is 0 Å². The predicted molar refractivity (Wildman–Crippen MR) is 45.1 cm³/mol. The standard InChI is InChI=1S/C10H14O/c1-6-3-8-4-7(2)10(6)9(11)5-8/h8-11H,1-5H2/t8?,9-,10-/m0/s1/i1+1/t8?,9-,10+. The minimum Gasteiger partial charge on any atom is -0.392 e. The lowest BCUT2D eigenvalue weighted by Gasteiger charge is -2.43.